The van der Waals surface area contributed by atoms with E-state index in [4.69, 9.17) is 19.2 Å². The molecule has 0 fully saturated rings. The molecule has 13 nitrogen and oxygen atoms in total. The smallest absolute Gasteiger partial charge is 0.410 e. The summed E-state index contributed by atoms with van der Waals surface area (Å²) >= 11 is 1.35. The van der Waals surface area contributed by atoms with Crippen molar-refractivity contribution < 1.29 is 38.2 Å². The zero-order valence-electron chi connectivity index (χ0n) is 38.5. The van der Waals surface area contributed by atoms with E-state index in [9.17, 15) is 24.0 Å². The number of ether oxygens (including phenoxy) is 3. The van der Waals surface area contributed by atoms with Crippen LogP contribution in [0.4, 0.5) is 4.79 Å². The highest BCUT2D eigenvalue weighted by Gasteiger charge is 2.40. The Hall–Kier alpha value is -4.04. The van der Waals surface area contributed by atoms with Gasteiger partial charge in [0, 0.05) is 44.1 Å². The first-order valence-corrected chi connectivity index (χ1v) is 22.8. The van der Waals surface area contributed by atoms with E-state index < -0.39 is 41.7 Å². The monoisotopic (exact) mass is 856 g/mol. The Morgan fingerprint density at radius 3 is 2.22 bits per heavy atom. The number of rotatable bonds is 21. The van der Waals surface area contributed by atoms with Crippen molar-refractivity contribution in [3.63, 3.8) is 0 Å². The van der Waals surface area contributed by atoms with Crippen molar-refractivity contribution in [1.29, 1.82) is 0 Å². The minimum absolute atomic E-state index is 0.00680. The highest BCUT2D eigenvalue weighted by molar-refractivity contribution is 7.09. The highest BCUT2D eigenvalue weighted by atomic mass is 32.1. The number of esters is 1. The van der Waals surface area contributed by atoms with Crippen molar-refractivity contribution in [2.45, 2.75) is 163 Å². The summed E-state index contributed by atoms with van der Waals surface area (Å²) in [5, 5.41) is 8.59. The maximum Gasteiger partial charge on any atom is 0.410 e. The van der Waals surface area contributed by atoms with Gasteiger partial charge in [0.05, 0.1) is 13.0 Å². The first-order chi connectivity index (χ1) is 28.3. The van der Waals surface area contributed by atoms with Gasteiger partial charge in [-0.15, -0.1) is 11.3 Å². The molecular weight excluding hydrogens is 783 g/mol. The maximum absolute atomic E-state index is 14.9. The predicted octanol–water partition coefficient (Wildman–Crippen LogP) is 8.08. The predicted molar refractivity (Wildman–Crippen MR) is 236 cm³/mol. The van der Waals surface area contributed by atoms with E-state index in [1.807, 2.05) is 70.7 Å². The van der Waals surface area contributed by atoms with Crippen LogP contribution in [0, 0.1) is 17.8 Å². The molecule has 8 atom stereocenters. The minimum atomic E-state index is -0.851. The maximum atomic E-state index is 14.9. The van der Waals surface area contributed by atoms with E-state index in [1.165, 1.54) is 23.3 Å². The summed E-state index contributed by atoms with van der Waals surface area (Å²) in [5.74, 6) is -2.12. The molecule has 336 valence electrons. The molecule has 1 aliphatic carbocycles. The van der Waals surface area contributed by atoms with Crippen molar-refractivity contribution in [2.75, 3.05) is 27.3 Å². The van der Waals surface area contributed by atoms with Crippen LogP contribution in [-0.4, -0.2) is 102 Å². The highest BCUT2D eigenvalue weighted by Crippen LogP contribution is 2.34. The molecule has 2 aromatic rings. The van der Waals surface area contributed by atoms with E-state index in [0.717, 1.165) is 17.5 Å². The van der Waals surface area contributed by atoms with E-state index in [-0.39, 0.29) is 53.3 Å². The zero-order valence-corrected chi connectivity index (χ0v) is 39.3. The lowest BCUT2D eigenvalue weighted by Crippen LogP contribution is -2.60. The van der Waals surface area contributed by atoms with Crippen LogP contribution < -0.4 is 10.6 Å². The Balaban J connectivity index is 1.90. The first kappa shape index (κ1) is 50.3. The van der Waals surface area contributed by atoms with Crippen molar-refractivity contribution in [2.24, 2.45) is 17.8 Å². The van der Waals surface area contributed by atoms with Gasteiger partial charge < -0.3 is 29.7 Å². The third kappa shape index (κ3) is 13.5. The normalized spacial score (nSPS) is 18.2. The second-order valence-corrected chi connectivity index (χ2v) is 18.6. The Kier molecular flexibility index (Phi) is 19.5. The quantitative estimate of drug-likeness (QED) is 0.119. The van der Waals surface area contributed by atoms with Crippen molar-refractivity contribution >= 4 is 41.1 Å². The van der Waals surface area contributed by atoms with Crippen molar-refractivity contribution in [1.82, 2.24) is 25.4 Å². The summed E-state index contributed by atoms with van der Waals surface area (Å²) in [6.07, 6.45) is 3.06. The summed E-state index contributed by atoms with van der Waals surface area (Å²) < 4.78 is 17.2. The summed E-state index contributed by atoms with van der Waals surface area (Å²) in [4.78, 5) is 76.8. The molecule has 3 rings (SSSR count). The molecule has 1 heterocycles. The SMILES string of the molecule is CCCO[C@H](C[C@H](C(C)C)N(CCC)C(=O)[C@@H](NC(=O)[C@H]([C@@H](C)CC)N(C)C(=O)OC(C)(C)C)[C@@H](C)CC)c1nc(C(=O)N[C@H]2Cc3ccccc3[C@H](C(=O)OC)C2)cs1. The number of fused-ring (bicyclic) bond motifs is 1. The fraction of sp³-hybridized carbons (Fsp3) is 0.696. The third-order valence-electron chi connectivity index (χ3n) is 11.5. The summed E-state index contributed by atoms with van der Waals surface area (Å²) in [6.45, 7) is 22.3. The number of benzene rings is 1. The van der Waals surface area contributed by atoms with Gasteiger partial charge in [0.2, 0.25) is 11.8 Å². The van der Waals surface area contributed by atoms with Gasteiger partial charge in [-0.25, -0.2) is 9.78 Å². The average molecular weight is 856 g/mol. The van der Waals surface area contributed by atoms with Crippen molar-refractivity contribution in [3.8, 4) is 0 Å². The molecule has 4 amide bonds. The summed E-state index contributed by atoms with van der Waals surface area (Å²) in [6, 6.07) is 5.48. The number of aromatic nitrogens is 1. The largest absolute Gasteiger partial charge is 0.469 e. The fourth-order valence-corrected chi connectivity index (χ4v) is 8.70. The third-order valence-corrected chi connectivity index (χ3v) is 12.4. The molecule has 2 N–H and O–H groups in total. The van der Waals surface area contributed by atoms with E-state index in [0.29, 0.717) is 56.7 Å². The number of amides is 4. The molecule has 0 bridgehead atoms. The number of methoxy groups -OCH3 is 1. The van der Waals surface area contributed by atoms with Crippen LogP contribution >= 0.6 is 11.3 Å². The molecule has 60 heavy (non-hydrogen) atoms. The number of hydrogen-bond donors (Lipinski definition) is 2. The zero-order chi connectivity index (χ0) is 44.9. The van der Waals surface area contributed by atoms with Gasteiger partial charge in [0.15, 0.2) is 0 Å². The molecule has 0 saturated heterocycles. The van der Waals surface area contributed by atoms with Gasteiger partial charge in [-0.2, -0.15) is 0 Å². The Labute approximate surface area is 363 Å². The molecule has 0 aliphatic heterocycles. The standard InChI is InChI=1S/C46H73N5O8S/c1-14-22-51(43(54)38(29(7)16-3)49-41(53)39(30(8)17-4)50(12)45(56)59-46(9,10)11)36(28(5)6)26-37(58-23-15-2)42-48-35(27-60-42)40(52)47-32-24-31-20-18-19-21-33(31)34(25-32)44(55)57-13/h18-21,27-30,32,34,36-39H,14-17,22-26H2,1-13H3,(H,47,52)(H,49,53)/t29-,30-,32-,34+,36+,37+,38-,39-/m0/s1. The van der Waals surface area contributed by atoms with Gasteiger partial charge >= 0.3 is 12.1 Å². The number of hydrogen-bond acceptors (Lipinski definition) is 10. The van der Waals surface area contributed by atoms with Crippen LogP contribution in [0.25, 0.3) is 0 Å². The molecule has 0 radical (unpaired) electrons. The molecule has 1 aliphatic rings. The molecular formula is C46H73N5O8S. The van der Waals surface area contributed by atoms with Gasteiger partial charge in [-0.05, 0) is 75.3 Å². The number of carbonyl (C=O) groups excluding carboxylic acids is 5. The first-order valence-electron chi connectivity index (χ1n) is 21.9. The molecule has 0 unspecified atom stereocenters. The van der Waals surface area contributed by atoms with Crippen LogP contribution in [0.3, 0.4) is 0 Å². The number of thiazole rings is 1. The van der Waals surface area contributed by atoms with Crippen LogP contribution in [-0.2, 0) is 35.0 Å². The van der Waals surface area contributed by atoms with Crippen LogP contribution in [0.5, 0.6) is 0 Å². The Bertz CT molecular complexity index is 1730. The lowest BCUT2D eigenvalue weighted by atomic mass is 9.80. The van der Waals surface area contributed by atoms with Gasteiger partial charge in [0.1, 0.15) is 34.5 Å². The lowest BCUT2D eigenvalue weighted by Gasteiger charge is -2.40. The molecule has 1 aromatic carbocycles. The number of likely N-dealkylation sites (N-methyl/N-ethyl adjacent to an activating group) is 1. The number of nitrogens with one attached hydrogen (secondary N) is 2. The fourth-order valence-electron chi connectivity index (χ4n) is 7.84. The topological polar surface area (TPSA) is 156 Å². The van der Waals surface area contributed by atoms with Crippen molar-refractivity contribution in [3.05, 3.63) is 51.5 Å². The number of nitrogens with zero attached hydrogens (tertiary/aromatic N) is 3. The van der Waals surface area contributed by atoms with E-state index in [1.54, 1.807) is 33.2 Å². The second kappa shape index (κ2) is 23.3. The average Bonchev–Trinajstić information content (AvgIpc) is 3.71. The van der Waals surface area contributed by atoms with Gasteiger partial charge in [0.25, 0.3) is 5.91 Å². The Morgan fingerprint density at radius 1 is 0.967 bits per heavy atom. The lowest BCUT2D eigenvalue weighted by molar-refractivity contribution is -0.143. The van der Waals surface area contributed by atoms with Gasteiger partial charge in [-0.1, -0.05) is 92.5 Å². The Morgan fingerprint density at radius 2 is 1.63 bits per heavy atom. The van der Waals surface area contributed by atoms with Crippen LogP contribution in [0.1, 0.15) is 153 Å². The minimum Gasteiger partial charge on any atom is -0.469 e. The molecule has 14 heteroatoms. The molecule has 0 saturated carbocycles. The summed E-state index contributed by atoms with van der Waals surface area (Å²) in [5.41, 5.74) is 1.45. The molecule has 0 spiro atoms. The van der Waals surface area contributed by atoms with E-state index >= 15 is 0 Å². The van der Waals surface area contributed by atoms with Gasteiger partial charge in [-0.3, -0.25) is 24.1 Å². The number of carbonyl (C=O) groups is 5. The summed E-state index contributed by atoms with van der Waals surface area (Å²) in [7, 11) is 2.95. The van der Waals surface area contributed by atoms with Crippen LogP contribution in [0.15, 0.2) is 29.6 Å². The second-order valence-electron chi connectivity index (χ2n) is 17.7. The van der Waals surface area contributed by atoms with E-state index in [2.05, 4.69) is 24.5 Å². The van der Waals surface area contributed by atoms with Crippen LogP contribution in [0.2, 0.25) is 0 Å². The molecule has 1 aromatic heterocycles.